The van der Waals surface area contributed by atoms with Gasteiger partial charge in [-0.2, -0.15) is 0 Å². The summed E-state index contributed by atoms with van der Waals surface area (Å²) < 4.78 is 0. The van der Waals surface area contributed by atoms with Crippen molar-refractivity contribution in [1.29, 1.82) is 0 Å². The second-order valence-corrected chi connectivity index (χ2v) is 5.92. The van der Waals surface area contributed by atoms with Crippen LogP contribution in [0, 0.1) is 0 Å². The Bertz CT molecular complexity index is 866. The van der Waals surface area contributed by atoms with Gasteiger partial charge in [0, 0.05) is 17.2 Å². The van der Waals surface area contributed by atoms with Gasteiger partial charge in [-0.3, -0.25) is 4.79 Å². The van der Waals surface area contributed by atoms with Crippen molar-refractivity contribution in [3.63, 3.8) is 0 Å². The van der Waals surface area contributed by atoms with E-state index < -0.39 is 0 Å². The number of benzene rings is 2. The molecule has 1 heterocycles. The average Bonchev–Trinajstić information content (AvgIpc) is 3.44. The van der Waals surface area contributed by atoms with E-state index in [9.17, 15) is 4.79 Å². The Morgan fingerprint density at radius 3 is 2.78 bits per heavy atom. The maximum Gasteiger partial charge on any atom is 0.252 e. The van der Waals surface area contributed by atoms with Gasteiger partial charge in [-0.05, 0) is 35.7 Å². The number of hydrogen-bond donors (Lipinski definition) is 1. The number of carbonyl (C=O) groups is 1. The van der Waals surface area contributed by atoms with Gasteiger partial charge in [-0.25, -0.2) is 9.97 Å². The van der Waals surface area contributed by atoms with Crippen molar-refractivity contribution in [3.8, 4) is 0 Å². The van der Waals surface area contributed by atoms with Crippen LogP contribution in [0.15, 0.2) is 54.9 Å². The Morgan fingerprint density at radius 1 is 1.09 bits per heavy atom. The number of aromatic nitrogens is 2. The van der Waals surface area contributed by atoms with E-state index in [0.717, 1.165) is 22.2 Å². The number of hydrogen-bond acceptors (Lipinski definition) is 3. The summed E-state index contributed by atoms with van der Waals surface area (Å²) in [5.41, 5.74) is 2.64. The Hall–Kier alpha value is -2.75. The molecule has 3 aromatic rings. The van der Waals surface area contributed by atoms with Crippen LogP contribution < -0.4 is 5.32 Å². The van der Waals surface area contributed by atoms with Crippen molar-refractivity contribution < 1.29 is 4.79 Å². The molecule has 1 aliphatic rings. The SMILES string of the molecule is O=C(NCc1cc(C2CC2)ncn1)c1cccc2ccccc12. The highest BCUT2D eigenvalue weighted by molar-refractivity contribution is 6.06. The molecule has 1 fully saturated rings. The van der Waals surface area contributed by atoms with Gasteiger partial charge in [0.25, 0.3) is 5.91 Å². The number of amides is 1. The second-order valence-electron chi connectivity index (χ2n) is 5.92. The van der Waals surface area contributed by atoms with Gasteiger partial charge < -0.3 is 5.32 Å². The van der Waals surface area contributed by atoms with Crippen LogP contribution in [0.5, 0.6) is 0 Å². The molecule has 23 heavy (non-hydrogen) atoms. The Balaban J connectivity index is 1.52. The molecule has 1 amide bonds. The number of carbonyl (C=O) groups excluding carboxylic acids is 1. The molecule has 1 saturated carbocycles. The molecule has 4 rings (SSSR count). The standard InChI is InChI=1S/C19H17N3O/c23-19(17-7-3-5-13-4-1-2-6-16(13)17)20-11-15-10-18(14-8-9-14)22-12-21-15/h1-7,10,12,14H,8-9,11H2,(H,20,23). The maximum absolute atomic E-state index is 12.5. The van der Waals surface area contributed by atoms with Crippen LogP contribution in [-0.2, 0) is 6.54 Å². The number of nitrogens with one attached hydrogen (secondary N) is 1. The summed E-state index contributed by atoms with van der Waals surface area (Å²) in [6.45, 7) is 0.421. The van der Waals surface area contributed by atoms with E-state index in [1.807, 2.05) is 48.5 Å². The first kappa shape index (κ1) is 13.9. The smallest absolute Gasteiger partial charge is 0.252 e. The van der Waals surface area contributed by atoms with Crippen LogP contribution in [0.25, 0.3) is 10.8 Å². The zero-order chi connectivity index (χ0) is 15.6. The zero-order valence-corrected chi connectivity index (χ0v) is 12.7. The molecule has 2 aromatic carbocycles. The lowest BCUT2D eigenvalue weighted by Gasteiger charge is -2.08. The third kappa shape index (κ3) is 2.93. The molecule has 0 radical (unpaired) electrons. The lowest BCUT2D eigenvalue weighted by molar-refractivity contribution is 0.0952. The van der Waals surface area contributed by atoms with E-state index in [0.29, 0.717) is 18.0 Å². The minimum atomic E-state index is -0.0756. The van der Waals surface area contributed by atoms with Crippen molar-refractivity contribution in [2.45, 2.75) is 25.3 Å². The molecule has 1 aliphatic carbocycles. The first-order valence-corrected chi connectivity index (χ1v) is 7.88. The van der Waals surface area contributed by atoms with E-state index in [4.69, 9.17) is 0 Å². The second kappa shape index (κ2) is 5.80. The van der Waals surface area contributed by atoms with Crippen LogP contribution >= 0.6 is 0 Å². The van der Waals surface area contributed by atoms with E-state index in [-0.39, 0.29) is 5.91 Å². The predicted octanol–water partition coefficient (Wildman–Crippen LogP) is 3.44. The van der Waals surface area contributed by atoms with Crippen LogP contribution in [0.1, 0.15) is 40.5 Å². The van der Waals surface area contributed by atoms with E-state index >= 15 is 0 Å². The summed E-state index contributed by atoms with van der Waals surface area (Å²) in [5.74, 6) is 0.513. The monoisotopic (exact) mass is 303 g/mol. The Kier molecular flexibility index (Phi) is 3.50. The third-order valence-corrected chi connectivity index (χ3v) is 4.20. The average molecular weight is 303 g/mol. The van der Waals surface area contributed by atoms with Crippen LogP contribution in [-0.4, -0.2) is 15.9 Å². The van der Waals surface area contributed by atoms with E-state index in [2.05, 4.69) is 15.3 Å². The number of nitrogens with zero attached hydrogens (tertiary/aromatic N) is 2. The van der Waals surface area contributed by atoms with Gasteiger partial charge in [0.2, 0.25) is 0 Å². The van der Waals surface area contributed by atoms with Crippen LogP contribution in [0.3, 0.4) is 0 Å². The molecular formula is C19H17N3O. The molecule has 4 heteroatoms. The normalized spacial score (nSPS) is 13.9. The topological polar surface area (TPSA) is 54.9 Å². The molecule has 1 N–H and O–H groups in total. The molecule has 4 nitrogen and oxygen atoms in total. The van der Waals surface area contributed by atoms with Crippen molar-refractivity contribution in [1.82, 2.24) is 15.3 Å². The quantitative estimate of drug-likeness (QED) is 0.803. The molecule has 0 spiro atoms. The zero-order valence-electron chi connectivity index (χ0n) is 12.7. The highest BCUT2D eigenvalue weighted by Crippen LogP contribution is 2.38. The van der Waals surface area contributed by atoms with E-state index in [1.165, 1.54) is 12.8 Å². The van der Waals surface area contributed by atoms with Crippen molar-refractivity contribution in [2.75, 3.05) is 0 Å². The summed E-state index contributed by atoms with van der Waals surface area (Å²) in [7, 11) is 0. The molecule has 114 valence electrons. The number of fused-ring (bicyclic) bond motifs is 1. The van der Waals surface area contributed by atoms with E-state index in [1.54, 1.807) is 6.33 Å². The van der Waals surface area contributed by atoms with Crippen LogP contribution in [0.4, 0.5) is 0 Å². The summed E-state index contributed by atoms with van der Waals surface area (Å²) in [5, 5.41) is 5.00. The summed E-state index contributed by atoms with van der Waals surface area (Å²) in [6, 6.07) is 15.7. The largest absolute Gasteiger partial charge is 0.346 e. The number of rotatable bonds is 4. The third-order valence-electron chi connectivity index (χ3n) is 4.20. The van der Waals surface area contributed by atoms with Gasteiger partial charge in [0.15, 0.2) is 0 Å². The van der Waals surface area contributed by atoms with Crippen LogP contribution in [0.2, 0.25) is 0 Å². The summed E-state index contributed by atoms with van der Waals surface area (Å²) >= 11 is 0. The van der Waals surface area contributed by atoms with Gasteiger partial charge >= 0.3 is 0 Å². The molecule has 1 aromatic heterocycles. The Labute approximate surface area is 134 Å². The fourth-order valence-electron chi connectivity index (χ4n) is 2.80. The predicted molar refractivity (Wildman–Crippen MR) is 89.1 cm³/mol. The highest BCUT2D eigenvalue weighted by Gasteiger charge is 2.25. The van der Waals surface area contributed by atoms with Gasteiger partial charge in [0.1, 0.15) is 6.33 Å². The van der Waals surface area contributed by atoms with Crippen molar-refractivity contribution >= 4 is 16.7 Å². The molecule has 0 aliphatic heterocycles. The van der Waals surface area contributed by atoms with Crippen molar-refractivity contribution in [2.24, 2.45) is 0 Å². The minimum absolute atomic E-state index is 0.0756. The lowest BCUT2D eigenvalue weighted by Crippen LogP contribution is -2.23. The first-order valence-electron chi connectivity index (χ1n) is 7.88. The highest BCUT2D eigenvalue weighted by atomic mass is 16.1. The minimum Gasteiger partial charge on any atom is -0.346 e. The molecule has 0 unspecified atom stereocenters. The van der Waals surface area contributed by atoms with Gasteiger partial charge in [-0.1, -0.05) is 36.4 Å². The molecule has 0 atom stereocenters. The molecule has 0 saturated heterocycles. The fraction of sp³-hybridized carbons (Fsp3) is 0.211. The van der Waals surface area contributed by atoms with Gasteiger partial charge in [0.05, 0.1) is 12.2 Å². The van der Waals surface area contributed by atoms with Gasteiger partial charge in [-0.15, -0.1) is 0 Å². The Morgan fingerprint density at radius 2 is 1.91 bits per heavy atom. The maximum atomic E-state index is 12.5. The molecule has 0 bridgehead atoms. The summed E-state index contributed by atoms with van der Waals surface area (Å²) in [4.78, 5) is 21.1. The van der Waals surface area contributed by atoms with Crippen molar-refractivity contribution in [3.05, 3.63) is 71.8 Å². The lowest BCUT2D eigenvalue weighted by atomic mass is 10.0. The fourth-order valence-corrected chi connectivity index (χ4v) is 2.80. The summed E-state index contributed by atoms with van der Waals surface area (Å²) in [6.07, 6.45) is 4.00. The molecular weight excluding hydrogens is 286 g/mol. The first-order chi connectivity index (χ1) is 11.3.